The molecule has 1 aromatic heterocycles. The number of hydrogen-bond donors (Lipinski definition) is 1. The fraction of sp³-hybridized carbons (Fsp3) is 0. The zero-order valence-electron chi connectivity index (χ0n) is 9.38. The Morgan fingerprint density at radius 3 is 2.47 bits per heavy atom. The summed E-state index contributed by atoms with van der Waals surface area (Å²) in [7, 11) is 0. The smallest absolute Gasteiger partial charge is 0.160 e. The number of H-pyrrole nitrogens is 1. The summed E-state index contributed by atoms with van der Waals surface area (Å²) in [6, 6.07) is 18.5. The number of aromatic amines is 1. The minimum absolute atomic E-state index is 1.14. The average molecular weight is 221 g/mol. The first-order chi connectivity index (χ1) is 8.42. The van der Waals surface area contributed by atoms with Gasteiger partial charge < -0.3 is 0 Å². The second-order valence-electron chi connectivity index (χ2n) is 3.96. The van der Waals surface area contributed by atoms with E-state index in [-0.39, 0.29) is 0 Å². The Morgan fingerprint density at radius 2 is 1.65 bits per heavy atom. The van der Waals surface area contributed by atoms with Crippen LogP contribution in [-0.2, 0) is 0 Å². The summed E-state index contributed by atoms with van der Waals surface area (Å²) >= 11 is 0. The van der Waals surface area contributed by atoms with Gasteiger partial charge in [-0.25, -0.2) is 0 Å². The second kappa shape index (κ2) is 4.26. The van der Waals surface area contributed by atoms with Crippen molar-refractivity contribution in [1.29, 1.82) is 0 Å². The lowest BCUT2D eigenvalue weighted by Crippen LogP contribution is -2.25. The van der Waals surface area contributed by atoms with Crippen LogP contribution in [-0.4, -0.2) is 5.10 Å². The van der Waals surface area contributed by atoms with Gasteiger partial charge in [0, 0.05) is 6.08 Å². The summed E-state index contributed by atoms with van der Waals surface area (Å²) in [6.07, 6.45) is 6.18. The minimum Gasteiger partial charge on any atom is -0.160 e. The average Bonchev–Trinajstić information content (AvgIpc) is 2.80. The van der Waals surface area contributed by atoms with Gasteiger partial charge >= 0.3 is 0 Å². The van der Waals surface area contributed by atoms with E-state index in [9.17, 15) is 0 Å². The standard InChI is InChI=1S/C15H12N2/c1-2-6-13(7-3-1)10-11-17-12-14-8-4-5-9-15(14)16-17/h1-12H/p+1/b11-10+. The van der Waals surface area contributed by atoms with Crippen molar-refractivity contribution in [2.75, 3.05) is 0 Å². The molecular weight excluding hydrogens is 208 g/mol. The molecule has 0 amide bonds. The van der Waals surface area contributed by atoms with E-state index in [1.54, 1.807) is 0 Å². The molecule has 0 spiro atoms. The van der Waals surface area contributed by atoms with Gasteiger partial charge in [0.05, 0.1) is 5.39 Å². The summed E-state index contributed by atoms with van der Waals surface area (Å²) in [5.41, 5.74) is 2.34. The highest BCUT2D eigenvalue weighted by atomic mass is 15.3. The third-order valence-corrected chi connectivity index (χ3v) is 2.72. The Bertz CT molecular complexity index is 618. The van der Waals surface area contributed by atoms with Crippen LogP contribution in [0.25, 0.3) is 23.2 Å². The van der Waals surface area contributed by atoms with E-state index in [0.29, 0.717) is 0 Å². The first-order valence-corrected chi connectivity index (χ1v) is 5.64. The van der Waals surface area contributed by atoms with E-state index >= 15 is 0 Å². The Kier molecular flexibility index (Phi) is 2.47. The number of rotatable bonds is 2. The first-order valence-electron chi connectivity index (χ1n) is 5.64. The molecule has 3 aromatic rings. The van der Waals surface area contributed by atoms with Gasteiger partial charge in [-0.3, -0.25) is 0 Å². The summed E-state index contributed by atoms with van der Waals surface area (Å²) in [5.74, 6) is 0. The summed E-state index contributed by atoms with van der Waals surface area (Å²) < 4.78 is 1.97. The molecular formula is C15H13N2+. The van der Waals surface area contributed by atoms with Crippen LogP contribution in [0.2, 0.25) is 0 Å². The van der Waals surface area contributed by atoms with Gasteiger partial charge in [0.15, 0.2) is 6.20 Å². The second-order valence-corrected chi connectivity index (χ2v) is 3.96. The highest BCUT2D eigenvalue weighted by Gasteiger charge is 2.02. The molecule has 0 saturated carbocycles. The van der Waals surface area contributed by atoms with Crippen LogP contribution in [0.5, 0.6) is 0 Å². The minimum atomic E-state index is 1.14. The van der Waals surface area contributed by atoms with E-state index in [1.165, 1.54) is 10.9 Å². The zero-order chi connectivity index (χ0) is 11.5. The van der Waals surface area contributed by atoms with Gasteiger partial charge in [-0.15, -0.1) is 0 Å². The molecule has 82 valence electrons. The van der Waals surface area contributed by atoms with E-state index in [2.05, 4.69) is 41.6 Å². The largest absolute Gasteiger partial charge is 0.209 e. The SMILES string of the molecule is C(=C\[n+]1cc2ccccc2[nH]1)/c1ccccc1. The van der Waals surface area contributed by atoms with Gasteiger partial charge in [0.25, 0.3) is 0 Å². The van der Waals surface area contributed by atoms with Crippen LogP contribution in [0.4, 0.5) is 0 Å². The Balaban J connectivity index is 1.92. The van der Waals surface area contributed by atoms with E-state index in [0.717, 1.165) is 5.52 Å². The third kappa shape index (κ3) is 2.11. The molecule has 0 radical (unpaired) electrons. The number of aromatic nitrogens is 2. The predicted molar refractivity (Wildman–Crippen MR) is 70.2 cm³/mol. The van der Waals surface area contributed by atoms with Crippen LogP contribution in [0.15, 0.2) is 60.8 Å². The molecule has 2 heteroatoms. The molecule has 0 saturated heterocycles. The van der Waals surface area contributed by atoms with Crippen molar-refractivity contribution in [3.63, 3.8) is 0 Å². The molecule has 0 aliphatic carbocycles. The van der Waals surface area contributed by atoms with Crippen molar-refractivity contribution in [2.24, 2.45) is 0 Å². The van der Waals surface area contributed by atoms with Crippen molar-refractivity contribution in [1.82, 2.24) is 5.10 Å². The van der Waals surface area contributed by atoms with Crippen molar-refractivity contribution in [3.8, 4) is 0 Å². The molecule has 0 aliphatic heterocycles. The normalized spacial score (nSPS) is 11.3. The number of fused-ring (bicyclic) bond motifs is 1. The van der Waals surface area contributed by atoms with E-state index < -0.39 is 0 Å². The number of para-hydroxylation sites is 1. The van der Waals surface area contributed by atoms with Gasteiger partial charge in [0.1, 0.15) is 5.52 Å². The van der Waals surface area contributed by atoms with Crippen LogP contribution in [0.1, 0.15) is 5.56 Å². The molecule has 0 atom stereocenters. The maximum Gasteiger partial charge on any atom is 0.209 e. The van der Waals surface area contributed by atoms with Gasteiger partial charge in [0.2, 0.25) is 6.20 Å². The fourth-order valence-electron chi connectivity index (χ4n) is 1.84. The molecule has 1 heterocycles. The lowest BCUT2D eigenvalue weighted by molar-refractivity contribution is -0.626. The molecule has 3 rings (SSSR count). The van der Waals surface area contributed by atoms with Crippen LogP contribution in [0, 0.1) is 0 Å². The Morgan fingerprint density at radius 1 is 0.882 bits per heavy atom. The highest BCUT2D eigenvalue weighted by molar-refractivity contribution is 5.76. The van der Waals surface area contributed by atoms with Crippen molar-refractivity contribution in [2.45, 2.75) is 0 Å². The Labute approximate surface area is 99.8 Å². The van der Waals surface area contributed by atoms with Gasteiger partial charge in [-0.05, 0) is 17.7 Å². The van der Waals surface area contributed by atoms with Gasteiger partial charge in [-0.1, -0.05) is 47.1 Å². The molecule has 17 heavy (non-hydrogen) atoms. The molecule has 2 aromatic carbocycles. The number of nitrogens with zero attached hydrogens (tertiary/aromatic N) is 1. The van der Waals surface area contributed by atoms with Crippen molar-refractivity contribution >= 4 is 23.2 Å². The zero-order valence-corrected chi connectivity index (χ0v) is 9.38. The maximum atomic E-state index is 3.30. The lowest BCUT2D eigenvalue weighted by atomic mass is 10.2. The number of benzene rings is 2. The van der Waals surface area contributed by atoms with E-state index in [1.807, 2.05) is 41.2 Å². The molecule has 0 bridgehead atoms. The monoisotopic (exact) mass is 221 g/mol. The molecule has 0 aliphatic rings. The van der Waals surface area contributed by atoms with Crippen LogP contribution in [0.3, 0.4) is 0 Å². The first kappa shape index (κ1) is 9.85. The highest BCUT2D eigenvalue weighted by Crippen LogP contribution is 2.07. The van der Waals surface area contributed by atoms with Gasteiger partial charge in [-0.2, -0.15) is 5.10 Å². The number of hydrogen-bond acceptors (Lipinski definition) is 0. The number of nitrogens with one attached hydrogen (secondary N) is 1. The predicted octanol–water partition coefficient (Wildman–Crippen LogP) is 3.08. The summed E-state index contributed by atoms with van der Waals surface area (Å²) in [5, 5.41) is 4.51. The molecule has 1 N–H and O–H groups in total. The van der Waals surface area contributed by atoms with Crippen molar-refractivity contribution in [3.05, 3.63) is 66.4 Å². The van der Waals surface area contributed by atoms with E-state index in [4.69, 9.17) is 0 Å². The molecule has 0 fully saturated rings. The van der Waals surface area contributed by atoms with Crippen molar-refractivity contribution < 1.29 is 4.68 Å². The third-order valence-electron chi connectivity index (χ3n) is 2.72. The molecule has 0 unspecified atom stereocenters. The quantitative estimate of drug-likeness (QED) is 0.642. The van der Waals surface area contributed by atoms with Crippen LogP contribution >= 0.6 is 0 Å². The maximum absolute atomic E-state index is 3.30. The fourth-order valence-corrected chi connectivity index (χ4v) is 1.84. The van der Waals surface area contributed by atoms with Crippen LogP contribution < -0.4 is 4.68 Å². The topological polar surface area (TPSA) is 19.7 Å². The summed E-state index contributed by atoms with van der Waals surface area (Å²) in [6.45, 7) is 0. The molecule has 2 nitrogen and oxygen atoms in total. The lowest BCUT2D eigenvalue weighted by Gasteiger charge is -1.87. The Hall–Kier alpha value is -2.35. The summed E-state index contributed by atoms with van der Waals surface area (Å²) in [4.78, 5) is 0.